The standard InChI is InChI=1S/C20H19N5O/c26-19(20(10-11-20)25-14-21-22-23-25)24-12-16-8-4-5-9-17(16)18(13-24)15-6-2-1-3-7-15/h1-9,14,18H,10-13H2. The molecule has 1 atom stereocenters. The van der Waals surface area contributed by atoms with Crippen molar-refractivity contribution in [3.63, 3.8) is 0 Å². The van der Waals surface area contributed by atoms with Crippen LogP contribution in [0.1, 0.15) is 35.4 Å². The van der Waals surface area contributed by atoms with Gasteiger partial charge in [0, 0.05) is 19.0 Å². The van der Waals surface area contributed by atoms with Crippen LogP contribution in [0, 0.1) is 0 Å². The van der Waals surface area contributed by atoms with Gasteiger partial charge in [-0.25, -0.2) is 4.68 Å². The summed E-state index contributed by atoms with van der Waals surface area (Å²) in [5.74, 6) is 0.315. The van der Waals surface area contributed by atoms with E-state index in [9.17, 15) is 4.79 Å². The fourth-order valence-corrected chi connectivity index (χ4v) is 4.04. The molecule has 0 N–H and O–H groups in total. The predicted molar refractivity (Wildman–Crippen MR) is 95.2 cm³/mol. The van der Waals surface area contributed by atoms with Gasteiger partial charge in [-0.05, 0) is 40.0 Å². The number of rotatable bonds is 3. The summed E-state index contributed by atoms with van der Waals surface area (Å²) < 4.78 is 1.63. The zero-order chi connectivity index (χ0) is 17.6. The van der Waals surface area contributed by atoms with Crippen LogP contribution in [0.3, 0.4) is 0 Å². The Morgan fingerprint density at radius 3 is 2.54 bits per heavy atom. The lowest BCUT2D eigenvalue weighted by atomic mass is 9.84. The van der Waals surface area contributed by atoms with E-state index in [0.29, 0.717) is 13.1 Å². The molecule has 0 radical (unpaired) electrons. The van der Waals surface area contributed by atoms with Gasteiger partial charge in [0.15, 0.2) is 0 Å². The van der Waals surface area contributed by atoms with Crippen molar-refractivity contribution in [2.24, 2.45) is 0 Å². The van der Waals surface area contributed by atoms with Crippen molar-refractivity contribution in [2.75, 3.05) is 6.54 Å². The van der Waals surface area contributed by atoms with E-state index in [-0.39, 0.29) is 11.8 Å². The molecule has 0 spiro atoms. The number of aromatic nitrogens is 4. The molecule has 1 amide bonds. The number of benzene rings is 2. The number of tetrazole rings is 1. The Hall–Kier alpha value is -3.02. The monoisotopic (exact) mass is 345 g/mol. The number of carbonyl (C=O) groups excluding carboxylic acids is 1. The summed E-state index contributed by atoms with van der Waals surface area (Å²) in [5.41, 5.74) is 3.19. The van der Waals surface area contributed by atoms with E-state index in [1.807, 2.05) is 17.0 Å². The Bertz CT molecular complexity index is 934. The van der Waals surface area contributed by atoms with Gasteiger partial charge in [0.25, 0.3) is 5.91 Å². The molecule has 2 aliphatic rings. The number of hydrogen-bond donors (Lipinski definition) is 0. The quantitative estimate of drug-likeness (QED) is 0.731. The average Bonchev–Trinajstić information content (AvgIpc) is 3.32. The maximum atomic E-state index is 13.4. The first kappa shape index (κ1) is 15.3. The Kier molecular flexibility index (Phi) is 3.38. The molecule has 26 heavy (non-hydrogen) atoms. The number of amides is 1. The second kappa shape index (κ2) is 5.76. The van der Waals surface area contributed by atoms with Crippen LogP contribution < -0.4 is 0 Å². The van der Waals surface area contributed by atoms with Gasteiger partial charge in [0.05, 0.1) is 0 Å². The zero-order valence-corrected chi connectivity index (χ0v) is 14.3. The number of nitrogens with zero attached hydrogens (tertiary/aromatic N) is 5. The van der Waals surface area contributed by atoms with Crippen LogP contribution in [0.2, 0.25) is 0 Å². The topological polar surface area (TPSA) is 63.9 Å². The van der Waals surface area contributed by atoms with Gasteiger partial charge >= 0.3 is 0 Å². The number of hydrogen-bond acceptors (Lipinski definition) is 4. The van der Waals surface area contributed by atoms with Crippen LogP contribution in [-0.2, 0) is 16.9 Å². The van der Waals surface area contributed by atoms with Gasteiger partial charge < -0.3 is 4.90 Å². The van der Waals surface area contributed by atoms with Crippen molar-refractivity contribution in [3.05, 3.63) is 77.6 Å². The summed E-state index contributed by atoms with van der Waals surface area (Å²) in [6.45, 7) is 1.33. The van der Waals surface area contributed by atoms with Gasteiger partial charge in [0.1, 0.15) is 11.9 Å². The fraction of sp³-hybridized carbons (Fsp3) is 0.300. The molecular weight excluding hydrogens is 326 g/mol. The summed E-state index contributed by atoms with van der Waals surface area (Å²) in [4.78, 5) is 15.4. The van der Waals surface area contributed by atoms with Crippen molar-refractivity contribution in [3.8, 4) is 0 Å². The van der Waals surface area contributed by atoms with Gasteiger partial charge in [0.2, 0.25) is 0 Å². The molecule has 0 bridgehead atoms. The van der Waals surface area contributed by atoms with Gasteiger partial charge in [-0.1, -0.05) is 54.6 Å². The van der Waals surface area contributed by atoms with E-state index in [1.54, 1.807) is 11.0 Å². The predicted octanol–water partition coefficient (Wildman–Crippen LogP) is 2.34. The Balaban J connectivity index is 1.51. The Morgan fingerprint density at radius 1 is 1.04 bits per heavy atom. The van der Waals surface area contributed by atoms with Crippen molar-refractivity contribution >= 4 is 5.91 Å². The summed E-state index contributed by atoms with van der Waals surface area (Å²) in [5, 5.41) is 11.4. The molecule has 1 aliphatic heterocycles. The molecule has 1 unspecified atom stereocenters. The molecular formula is C20H19N5O. The van der Waals surface area contributed by atoms with E-state index < -0.39 is 5.54 Å². The van der Waals surface area contributed by atoms with E-state index >= 15 is 0 Å². The summed E-state index contributed by atoms with van der Waals surface area (Å²) in [6.07, 6.45) is 3.15. The molecule has 1 saturated carbocycles. The first-order valence-electron chi connectivity index (χ1n) is 8.93. The van der Waals surface area contributed by atoms with E-state index in [0.717, 1.165) is 12.8 Å². The average molecular weight is 345 g/mol. The van der Waals surface area contributed by atoms with Crippen molar-refractivity contribution < 1.29 is 4.79 Å². The van der Waals surface area contributed by atoms with Crippen molar-refractivity contribution in [2.45, 2.75) is 30.8 Å². The minimum absolute atomic E-state index is 0.125. The Labute approximate surface area is 151 Å². The lowest BCUT2D eigenvalue weighted by molar-refractivity contribution is -0.137. The molecule has 1 fully saturated rings. The highest BCUT2D eigenvalue weighted by atomic mass is 16.2. The van der Waals surface area contributed by atoms with Crippen LogP contribution in [-0.4, -0.2) is 37.6 Å². The van der Waals surface area contributed by atoms with Crippen molar-refractivity contribution in [1.82, 2.24) is 25.1 Å². The fourth-order valence-electron chi connectivity index (χ4n) is 4.04. The highest BCUT2D eigenvalue weighted by molar-refractivity contribution is 5.87. The maximum absolute atomic E-state index is 13.4. The third kappa shape index (κ3) is 2.33. The van der Waals surface area contributed by atoms with E-state index in [1.165, 1.54) is 16.7 Å². The second-order valence-electron chi connectivity index (χ2n) is 7.13. The number of carbonyl (C=O) groups is 1. The van der Waals surface area contributed by atoms with Crippen LogP contribution in [0.15, 0.2) is 60.9 Å². The summed E-state index contributed by atoms with van der Waals surface area (Å²) in [6, 6.07) is 18.9. The minimum Gasteiger partial charge on any atom is -0.335 e. The molecule has 6 heteroatoms. The SMILES string of the molecule is O=C(N1Cc2ccccc2C(c2ccccc2)C1)C1(n2cnnn2)CC1. The lowest BCUT2D eigenvalue weighted by Crippen LogP contribution is -2.46. The van der Waals surface area contributed by atoms with Crippen molar-refractivity contribution in [1.29, 1.82) is 0 Å². The lowest BCUT2D eigenvalue weighted by Gasteiger charge is -2.36. The molecule has 6 nitrogen and oxygen atoms in total. The first-order chi connectivity index (χ1) is 12.8. The number of fused-ring (bicyclic) bond motifs is 1. The Morgan fingerprint density at radius 2 is 1.81 bits per heavy atom. The zero-order valence-electron chi connectivity index (χ0n) is 14.3. The maximum Gasteiger partial charge on any atom is 0.251 e. The third-order valence-corrected chi connectivity index (χ3v) is 5.59. The normalized spacial score (nSPS) is 20.5. The second-order valence-corrected chi connectivity index (χ2v) is 7.13. The molecule has 1 aliphatic carbocycles. The first-order valence-corrected chi connectivity index (χ1v) is 8.93. The van der Waals surface area contributed by atoms with Gasteiger partial charge in [-0.3, -0.25) is 4.79 Å². The largest absolute Gasteiger partial charge is 0.335 e. The molecule has 3 aromatic rings. The summed E-state index contributed by atoms with van der Waals surface area (Å²) in [7, 11) is 0. The smallest absolute Gasteiger partial charge is 0.251 e. The molecule has 130 valence electrons. The van der Waals surface area contributed by atoms with Crippen LogP contribution >= 0.6 is 0 Å². The van der Waals surface area contributed by atoms with Gasteiger partial charge in [-0.15, -0.1) is 5.10 Å². The van der Waals surface area contributed by atoms with Gasteiger partial charge in [-0.2, -0.15) is 0 Å². The highest BCUT2D eigenvalue weighted by Crippen LogP contribution is 2.46. The van der Waals surface area contributed by atoms with Crippen LogP contribution in [0.4, 0.5) is 0 Å². The molecule has 2 heterocycles. The molecule has 1 aromatic heterocycles. The summed E-state index contributed by atoms with van der Waals surface area (Å²) >= 11 is 0. The minimum atomic E-state index is -0.586. The highest BCUT2D eigenvalue weighted by Gasteiger charge is 2.55. The molecule has 2 aromatic carbocycles. The molecule has 0 saturated heterocycles. The third-order valence-electron chi connectivity index (χ3n) is 5.59. The van der Waals surface area contributed by atoms with E-state index in [2.05, 4.69) is 58.0 Å². The van der Waals surface area contributed by atoms with Crippen LogP contribution in [0.25, 0.3) is 0 Å². The van der Waals surface area contributed by atoms with Crippen LogP contribution in [0.5, 0.6) is 0 Å². The molecule has 5 rings (SSSR count). The van der Waals surface area contributed by atoms with E-state index in [4.69, 9.17) is 0 Å².